The second kappa shape index (κ2) is 23.8. The predicted octanol–water partition coefficient (Wildman–Crippen LogP) is -0.786. The molecule has 5 rings (SSSR count). The summed E-state index contributed by atoms with van der Waals surface area (Å²) in [5, 5.41) is 1.28. The number of hydrogen-bond donors (Lipinski definition) is 0. The third kappa shape index (κ3) is 19.6. The molecule has 0 amide bonds. The first kappa shape index (κ1) is 47.2. The third-order valence-corrected chi connectivity index (χ3v) is 7.78. The molecule has 0 saturated heterocycles. The number of aromatic nitrogens is 2. The first-order valence-electron chi connectivity index (χ1n) is 17.3. The molecule has 0 aliphatic carbocycles. The lowest BCUT2D eigenvalue weighted by molar-refractivity contribution is -2.00. The van der Waals surface area contributed by atoms with E-state index in [2.05, 4.69) is 219 Å². The average molecular weight is 808 g/mol. The Morgan fingerprint density at radius 3 is 1.38 bits per heavy atom. The molecule has 298 valence electrons. The van der Waals surface area contributed by atoms with Gasteiger partial charge in [-0.3, -0.25) is 0 Å². The number of aryl methyl sites for hydroxylation is 2. The number of fused-ring (bicyclic) bond motifs is 1. The minimum atomic E-state index is -4.94. The molecule has 0 radical (unpaired) electrons. The van der Waals surface area contributed by atoms with Crippen molar-refractivity contribution in [3.63, 3.8) is 0 Å². The standard InChI is InChI=1S/C23H25N2.C19H23N2.2ClHO4/c1-4-25-18-17-20(22-11-7-8-12-23(22)25)10-6-5-9-19-13-15-21(16-14-19)24(2)3;1-4-21-16-8-7-11-19(21)10-6-5-9-17-12-14-18(15-13-17)20(2)3;2*2-1(3,4)5/h5-18H,4H2,1-3H3;5-16H,4H2,1-3H3;2*(H,2,3,4,5)/q2*+1;;/p-2. The Hall–Kier alpha value is -4.96. The normalized spacial score (nSPS) is 11.6. The van der Waals surface area contributed by atoms with Gasteiger partial charge in [0.15, 0.2) is 12.4 Å². The molecular formula is C42H48Cl2N4O8. The summed E-state index contributed by atoms with van der Waals surface area (Å²) in [4.78, 5) is 4.21. The molecule has 3 aromatic carbocycles. The van der Waals surface area contributed by atoms with Gasteiger partial charge in [-0.2, -0.15) is 9.13 Å². The van der Waals surface area contributed by atoms with Crippen LogP contribution in [-0.2, 0) is 13.1 Å². The maximum atomic E-state index is 8.49. The van der Waals surface area contributed by atoms with Gasteiger partial charge in [0.05, 0.1) is 5.39 Å². The van der Waals surface area contributed by atoms with E-state index in [9.17, 15) is 0 Å². The fraction of sp³-hybridized carbons (Fsp3) is 0.190. The van der Waals surface area contributed by atoms with Crippen molar-refractivity contribution >= 4 is 46.6 Å². The highest BCUT2D eigenvalue weighted by Gasteiger charge is 2.08. The summed E-state index contributed by atoms with van der Waals surface area (Å²) in [6.45, 7) is 6.29. The van der Waals surface area contributed by atoms with Crippen LogP contribution in [0.25, 0.3) is 35.2 Å². The maximum absolute atomic E-state index is 8.49. The molecule has 2 aromatic heterocycles. The lowest BCUT2D eigenvalue weighted by atomic mass is 10.1. The van der Waals surface area contributed by atoms with Gasteiger partial charge in [0, 0.05) is 69.9 Å². The van der Waals surface area contributed by atoms with Gasteiger partial charge in [0.25, 0.3) is 0 Å². The van der Waals surface area contributed by atoms with E-state index in [1.54, 1.807) is 0 Å². The first-order valence-corrected chi connectivity index (χ1v) is 19.7. The third-order valence-electron chi connectivity index (χ3n) is 7.78. The topological polar surface area (TPSA) is 199 Å². The molecule has 14 heteroatoms. The van der Waals surface area contributed by atoms with Crippen LogP contribution in [-0.4, -0.2) is 28.2 Å². The number of benzene rings is 3. The second-order valence-corrected chi connectivity index (χ2v) is 13.7. The molecule has 56 heavy (non-hydrogen) atoms. The van der Waals surface area contributed by atoms with Crippen molar-refractivity contribution < 1.29 is 66.9 Å². The Morgan fingerprint density at radius 1 is 0.482 bits per heavy atom. The SMILES string of the molecule is CC[n+]1ccc(C=CC=Cc2ccc(N(C)C)cc2)c2ccccc21.CC[n+]1ccccc1C=CC=Cc1ccc(N(C)C)cc1.[O-][Cl+3]([O-])([O-])[O-].[O-][Cl+3]([O-])([O-])[O-]. The summed E-state index contributed by atoms with van der Waals surface area (Å²) < 4.78 is 72.4. The van der Waals surface area contributed by atoms with Crippen LogP contribution in [0.4, 0.5) is 11.4 Å². The number of nitrogens with zero attached hydrogens (tertiary/aromatic N) is 4. The number of halogens is 2. The Morgan fingerprint density at radius 2 is 0.911 bits per heavy atom. The highest BCUT2D eigenvalue weighted by Crippen LogP contribution is 2.18. The largest absolute Gasteiger partial charge is 0.378 e. The van der Waals surface area contributed by atoms with Gasteiger partial charge in [-0.25, -0.2) is 37.3 Å². The summed E-state index contributed by atoms with van der Waals surface area (Å²) in [5.74, 6) is 0. The zero-order valence-corrected chi connectivity index (χ0v) is 33.7. The van der Waals surface area contributed by atoms with E-state index in [0.717, 1.165) is 13.1 Å². The van der Waals surface area contributed by atoms with Gasteiger partial charge in [-0.05, 0) is 66.9 Å². The van der Waals surface area contributed by atoms with E-state index in [1.165, 1.54) is 44.7 Å². The van der Waals surface area contributed by atoms with Gasteiger partial charge in [0.1, 0.15) is 13.1 Å². The van der Waals surface area contributed by atoms with Gasteiger partial charge in [-0.1, -0.05) is 78.9 Å². The second-order valence-electron chi connectivity index (χ2n) is 12.2. The van der Waals surface area contributed by atoms with Crippen molar-refractivity contribution in [3.05, 3.63) is 156 Å². The van der Waals surface area contributed by atoms with Crippen LogP contribution in [0.3, 0.4) is 0 Å². The number of pyridine rings is 2. The molecule has 0 spiro atoms. The van der Waals surface area contributed by atoms with Crippen LogP contribution in [0.2, 0.25) is 0 Å². The van der Waals surface area contributed by atoms with E-state index in [4.69, 9.17) is 37.3 Å². The molecule has 0 bridgehead atoms. The molecule has 2 heterocycles. The Bertz CT molecular complexity index is 2000. The number of rotatable bonds is 10. The number of anilines is 2. The fourth-order valence-corrected chi connectivity index (χ4v) is 5.07. The van der Waals surface area contributed by atoms with Crippen molar-refractivity contribution in [2.75, 3.05) is 38.0 Å². The maximum Gasteiger partial charge on any atom is 0.213 e. The van der Waals surface area contributed by atoms with Gasteiger partial charge in [-0.15, -0.1) is 20.5 Å². The molecule has 0 atom stereocenters. The van der Waals surface area contributed by atoms with E-state index >= 15 is 0 Å². The van der Waals surface area contributed by atoms with Crippen LogP contribution in [0.15, 0.2) is 134 Å². The molecule has 0 aliphatic heterocycles. The van der Waals surface area contributed by atoms with Crippen molar-refractivity contribution in [2.24, 2.45) is 0 Å². The lowest BCUT2D eigenvalue weighted by Gasteiger charge is -2.17. The molecule has 5 aromatic rings. The zero-order valence-electron chi connectivity index (χ0n) is 32.2. The van der Waals surface area contributed by atoms with Crippen LogP contribution in [0, 0.1) is 20.5 Å². The summed E-state index contributed by atoms with van der Waals surface area (Å²) in [5.41, 5.74) is 8.58. The average Bonchev–Trinajstić information content (AvgIpc) is 3.14. The smallest absolute Gasteiger partial charge is 0.213 e. The predicted molar refractivity (Wildman–Crippen MR) is 200 cm³/mol. The van der Waals surface area contributed by atoms with E-state index in [0.29, 0.717) is 0 Å². The lowest BCUT2D eigenvalue weighted by Crippen LogP contribution is -2.68. The zero-order chi connectivity index (χ0) is 41.7. The van der Waals surface area contributed by atoms with E-state index in [1.807, 2.05) is 0 Å². The number of allylic oxidation sites excluding steroid dienone is 4. The summed E-state index contributed by atoms with van der Waals surface area (Å²) in [6, 6.07) is 34.1. The summed E-state index contributed by atoms with van der Waals surface area (Å²) in [7, 11) is -1.67. The Kier molecular flexibility index (Phi) is 20.1. The first-order chi connectivity index (χ1) is 26.4. The summed E-state index contributed by atoms with van der Waals surface area (Å²) in [6.07, 6.45) is 21.2. The molecule has 0 fully saturated rings. The summed E-state index contributed by atoms with van der Waals surface area (Å²) >= 11 is 0. The van der Waals surface area contributed by atoms with E-state index in [-0.39, 0.29) is 0 Å². The molecule has 0 aliphatic rings. The fourth-order valence-electron chi connectivity index (χ4n) is 5.07. The molecular weight excluding hydrogens is 759 g/mol. The molecule has 0 unspecified atom stereocenters. The minimum absolute atomic E-state index is 0.980. The van der Waals surface area contributed by atoms with Crippen LogP contribution >= 0.6 is 0 Å². The van der Waals surface area contributed by atoms with Gasteiger partial charge >= 0.3 is 0 Å². The molecule has 0 saturated carbocycles. The van der Waals surface area contributed by atoms with Crippen molar-refractivity contribution in [2.45, 2.75) is 26.9 Å². The highest BCUT2D eigenvalue weighted by atomic mass is 35.7. The Balaban J connectivity index is 0.000000315. The van der Waals surface area contributed by atoms with E-state index < -0.39 is 20.5 Å². The molecule has 12 nitrogen and oxygen atoms in total. The number of hydrogen-bond acceptors (Lipinski definition) is 10. The van der Waals surface area contributed by atoms with Crippen LogP contribution in [0.1, 0.15) is 36.2 Å². The van der Waals surface area contributed by atoms with Gasteiger partial charge < -0.3 is 9.80 Å². The van der Waals surface area contributed by atoms with Gasteiger partial charge in [0.2, 0.25) is 11.2 Å². The minimum Gasteiger partial charge on any atom is -0.378 e. The highest BCUT2D eigenvalue weighted by molar-refractivity contribution is 5.85. The monoisotopic (exact) mass is 806 g/mol. The van der Waals surface area contributed by atoms with Crippen molar-refractivity contribution in [1.82, 2.24) is 0 Å². The van der Waals surface area contributed by atoms with Crippen molar-refractivity contribution in [3.8, 4) is 0 Å². The molecule has 0 N–H and O–H groups in total. The Labute approximate surface area is 333 Å². The van der Waals surface area contributed by atoms with Crippen LogP contribution < -0.4 is 56.2 Å². The van der Waals surface area contributed by atoms with Crippen molar-refractivity contribution in [1.29, 1.82) is 0 Å². The quantitative estimate of drug-likeness (QED) is 0.127. The number of para-hydroxylation sites is 1. The van der Waals surface area contributed by atoms with Crippen LogP contribution in [0.5, 0.6) is 0 Å².